The molecule has 0 saturated heterocycles. The maximum atomic E-state index is 11.8. The van der Waals surface area contributed by atoms with Crippen LogP contribution in [0.15, 0.2) is 48.1 Å². The van der Waals surface area contributed by atoms with E-state index in [4.69, 9.17) is 10.5 Å². The molecule has 100 valence electrons. The van der Waals surface area contributed by atoms with Gasteiger partial charge < -0.3 is 10.5 Å². The SMILES string of the molecule is CCOC(=O)C(/C=C/C(C)=O)=C(\N)c1ccccc1. The Balaban J connectivity index is 3.21. The van der Waals surface area contributed by atoms with Gasteiger partial charge in [0.25, 0.3) is 0 Å². The van der Waals surface area contributed by atoms with Crippen LogP contribution < -0.4 is 5.73 Å². The minimum Gasteiger partial charge on any atom is -0.462 e. The summed E-state index contributed by atoms with van der Waals surface area (Å²) in [6.45, 7) is 3.36. The third kappa shape index (κ3) is 4.43. The molecule has 0 aromatic heterocycles. The first-order valence-corrected chi connectivity index (χ1v) is 5.97. The molecule has 0 saturated carbocycles. The molecule has 19 heavy (non-hydrogen) atoms. The molecular formula is C15H17NO3. The second-order valence-corrected chi connectivity index (χ2v) is 3.86. The van der Waals surface area contributed by atoms with Crippen molar-refractivity contribution in [3.05, 3.63) is 53.6 Å². The van der Waals surface area contributed by atoms with E-state index in [1.165, 1.54) is 19.1 Å². The van der Waals surface area contributed by atoms with Crippen molar-refractivity contribution in [2.75, 3.05) is 6.61 Å². The highest BCUT2D eigenvalue weighted by molar-refractivity contribution is 6.01. The summed E-state index contributed by atoms with van der Waals surface area (Å²) in [5.74, 6) is -0.705. The van der Waals surface area contributed by atoms with E-state index >= 15 is 0 Å². The van der Waals surface area contributed by atoms with Crippen LogP contribution in [0.25, 0.3) is 5.70 Å². The lowest BCUT2D eigenvalue weighted by Crippen LogP contribution is -2.12. The molecule has 0 amide bonds. The van der Waals surface area contributed by atoms with Gasteiger partial charge >= 0.3 is 5.97 Å². The third-order valence-electron chi connectivity index (χ3n) is 2.36. The van der Waals surface area contributed by atoms with E-state index in [0.717, 1.165) is 0 Å². The highest BCUT2D eigenvalue weighted by atomic mass is 16.5. The molecule has 0 heterocycles. The number of allylic oxidation sites excluding steroid dienone is 1. The summed E-state index contributed by atoms with van der Waals surface area (Å²) < 4.78 is 4.94. The van der Waals surface area contributed by atoms with Gasteiger partial charge in [-0.2, -0.15) is 0 Å². The largest absolute Gasteiger partial charge is 0.462 e. The van der Waals surface area contributed by atoms with E-state index < -0.39 is 5.97 Å². The average Bonchev–Trinajstić information content (AvgIpc) is 2.39. The Hall–Kier alpha value is -2.36. The zero-order valence-electron chi connectivity index (χ0n) is 11.1. The van der Waals surface area contributed by atoms with E-state index in [-0.39, 0.29) is 23.7 Å². The van der Waals surface area contributed by atoms with Gasteiger partial charge in [0.15, 0.2) is 5.78 Å². The molecule has 1 aromatic rings. The highest BCUT2D eigenvalue weighted by Gasteiger charge is 2.13. The van der Waals surface area contributed by atoms with Crippen LogP contribution in [0.1, 0.15) is 19.4 Å². The molecule has 1 rings (SSSR count). The topological polar surface area (TPSA) is 69.4 Å². The number of rotatable bonds is 5. The Morgan fingerprint density at radius 1 is 1.21 bits per heavy atom. The molecule has 4 nitrogen and oxygen atoms in total. The van der Waals surface area contributed by atoms with Gasteiger partial charge in [-0.05, 0) is 31.6 Å². The summed E-state index contributed by atoms with van der Waals surface area (Å²) in [6, 6.07) is 9.07. The van der Waals surface area contributed by atoms with Gasteiger partial charge in [-0.25, -0.2) is 4.79 Å². The summed E-state index contributed by atoms with van der Waals surface area (Å²) in [6.07, 6.45) is 2.69. The van der Waals surface area contributed by atoms with Gasteiger partial charge in [0.1, 0.15) is 0 Å². The summed E-state index contributed by atoms with van der Waals surface area (Å²) in [5, 5.41) is 0. The average molecular weight is 259 g/mol. The summed E-state index contributed by atoms with van der Waals surface area (Å²) in [5.41, 5.74) is 7.15. The number of ether oxygens (including phenoxy) is 1. The van der Waals surface area contributed by atoms with Crippen LogP contribution in [0.3, 0.4) is 0 Å². The molecule has 4 heteroatoms. The van der Waals surface area contributed by atoms with E-state index in [1.54, 1.807) is 19.1 Å². The van der Waals surface area contributed by atoms with Crippen molar-refractivity contribution < 1.29 is 14.3 Å². The molecule has 0 aliphatic carbocycles. The van der Waals surface area contributed by atoms with Crippen LogP contribution >= 0.6 is 0 Å². The molecule has 0 bridgehead atoms. The van der Waals surface area contributed by atoms with Crippen molar-refractivity contribution in [1.29, 1.82) is 0 Å². The Morgan fingerprint density at radius 3 is 2.37 bits per heavy atom. The van der Waals surface area contributed by atoms with Crippen molar-refractivity contribution >= 4 is 17.4 Å². The van der Waals surface area contributed by atoms with Gasteiger partial charge in [-0.1, -0.05) is 30.3 Å². The Labute approximate surface area is 112 Å². The molecule has 0 atom stereocenters. The van der Waals surface area contributed by atoms with Crippen LogP contribution in [0.2, 0.25) is 0 Å². The lowest BCUT2D eigenvalue weighted by Gasteiger charge is -2.08. The molecule has 0 fully saturated rings. The zero-order valence-corrected chi connectivity index (χ0v) is 11.1. The second kappa shape index (κ2) is 7.16. The fourth-order valence-corrected chi connectivity index (χ4v) is 1.45. The zero-order chi connectivity index (χ0) is 14.3. The number of carbonyl (C=O) groups is 2. The lowest BCUT2D eigenvalue weighted by molar-refractivity contribution is -0.138. The molecular weight excluding hydrogens is 242 g/mol. The smallest absolute Gasteiger partial charge is 0.340 e. The van der Waals surface area contributed by atoms with Crippen molar-refractivity contribution in [3.8, 4) is 0 Å². The van der Waals surface area contributed by atoms with Crippen LogP contribution in [0.5, 0.6) is 0 Å². The first-order valence-electron chi connectivity index (χ1n) is 5.97. The van der Waals surface area contributed by atoms with Crippen molar-refractivity contribution in [1.82, 2.24) is 0 Å². The van der Waals surface area contributed by atoms with Crippen molar-refractivity contribution in [2.24, 2.45) is 5.73 Å². The normalized spacial score (nSPS) is 12.1. The van der Waals surface area contributed by atoms with E-state index in [1.807, 2.05) is 18.2 Å². The number of esters is 1. The fourth-order valence-electron chi connectivity index (χ4n) is 1.45. The van der Waals surface area contributed by atoms with E-state index in [0.29, 0.717) is 5.56 Å². The summed E-state index contributed by atoms with van der Waals surface area (Å²) in [7, 11) is 0. The fraction of sp³-hybridized carbons (Fsp3) is 0.200. The quantitative estimate of drug-likeness (QED) is 0.499. The second-order valence-electron chi connectivity index (χ2n) is 3.86. The standard InChI is InChI=1S/C15H17NO3/c1-3-19-15(18)13(10-9-11(2)17)14(16)12-7-5-4-6-8-12/h4-10H,3,16H2,1-2H3/b10-9+,14-13-. The predicted molar refractivity (Wildman–Crippen MR) is 74.0 cm³/mol. The van der Waals surface area contributed by atoms with Gasteiger partial charge in [0.2, 0.25) is 0 Å². The maximum Gasteiger partial charge on any atom is 0.340 e. The molecule has 0 aliphatic heterocycles. The Kier molecular flexibility index (Phi) is 5.54. The molecule has 0 spiro atoms. The molecule has 0 aliphatic rings. The number of nitrogens with two attached hydrogens (primary N) is 1. The van der Waals surface area contributed by atoms with Crippen LogP contribution in [0, 0.1) is 0 Å². The minimum absolute atomic E-state index is 0.164. The first-order chi connectivity index (χ1) is 9.06. The monoisotopic (exact) mass is 259 g/mol. The van der Waals surface area contributed by atoms with Crippen LogP contribution in [0.4, 0.5) is 0 Å². The molecule has 2 N–H and O–H groups in total. The number of ketones is 1. The Morgan fingerprint density at radius 2 is 1.84 bits per heavy atom. The third-order valence-corrected chi connectivity index (χ3v) is 2.36. The van der Waals surface area contributed by atoms with Gasteiger partial charge in [0, 0.05) is 0 Å². The van der Waals surface area contributed by atoms with Gasteiger partial charge in [0.05, 0.1) is 17.9 Å². The predicted octanol–water partition coefficient (Wildman–Crippen LogP) is 2.06. The molecule has 0 unspecified atom stereocenters. The van der Waals surface area contributed by atoms with E-state index in [9.17, 15) is 9.59 Å². The Bertz CT molecular complexity index is 515. The van der Waals surface area contributed by atoms with Crippen molar-refractivity contribution in [2.45, 2.75) is 13.8 Å². The molecule has 0 radical (unpaired) electrons. The van der Waals surface area contributed by atoms with Gasteiger partial charge in [-0.3, -0.25) is 4.79 Å². The number of carbonyl (C=O) groups excluding carboxylic acids is 2. The van der Waals surface area contributed by atoms with Gasteiger partial charge in [-0.15, -0.1) is 0 Å². The van der Waals surface area contributed by atoms with E-state index in [2.05, 4.69) is 0 Å². The summed E-state index contributed by atoms with van der Waals surface area (Å²) in [4.78, 5) is 22.8. The molecule has 1 aromatic carbocycles. The van der Waals surface area contributed by atoms with Crippen molar-refractivity contribution in [3.63, 3.8) is 0 Å². The number of benzene rings is 1. The first kappa shape index (κ1) is 14.7. The summed E-state index contributed by atoms with van der Waals surface area (Å²) >= 11 is 0. The van der Waals surface area contributed by atoms with Crippen LogP contribution in [-0.4, -0.2) is 18.4 Å². The number of hydrogen-bond donors (Lipinski definition) is 1. The number of hydrogen-bond acceptors (Lipinski definition) is 4. The van der Waals surface area contributed by atoms with Crippen LogP contribution in [-0.2, 0) is 14.3 Å². The minimum atomic E-state index is -0.540. The highest BCUT2D eigenvalue weighted by Crippen LogP contribution is 2.15. The lowest BCUT2D eigenvalue weighted by atomic mass is 10.1. The maximum absolute atomic E-state index is 11.8.